The van der Waals surface area contributed by atoms with Crippen molar-refractivity contribution >= 4 is 35.2 Å². The monoisotopic (exact) mass is 317 g/mol. The fraction of sp³-hybridized carbons (Fsp3) is 0.143. The van der Waals surface area contributed by atoms with Gasteiger partial charge >= 0.3 is 0 Å². The van der Waals surface area contributed by atoms with Crippen molar-refractivity contribution < 1.29 is 0 Å². The number of para-hydroxylation sites is 1. The minimum Gasteiger partial charge on any atom is -0.339 e. The Morgan fingerprint density at radius 3 is 2.46 bits per heavy atom. The van der Waals surface area contributed by atoms with Crippen LogP contribution >= 0.6 is 0 Å². The first-order valence-corrected chi connectivity index (χ1v) is 7.93. The molecule has 1 heterocycles. The van der Waals surface area contributed by atoms with Crippen molar-refractivity contribution in [2.75, 3.05) is 7.05 Å². The van der Waals surface area contributed by atoms with Gasteiger partial charge in [0.25, 0.3) is 0 Å². The van der Waals surface area contributed by atoms with Gasteiger partial charge in [0.2, 0.25) is 0 Å². The minimum absolute atomic E-state index is 0.837. The van der Waals surface area contributed by atoms with Crippen LogP contribution in [-0.2, 0) is 0 Å². The van der Waals surface area contributed by atoms with Gasteiger partial charge in [-0.25, -0.2) is 4.99 Å². The summed E-state index contributed by atoms with van der Waals surface area (Å²) in [5.74, 6) is 0.837. The molecule has 1 aromatic heterocycles. The van der Waals surface area contributed by atoms with Crippen LogP contribution in [0.3, 0.4) is 0 Å². The average molecular weight is 317 g/mol. The smallest absolute Gasteiger partial charge is 0.137 e. The van der Waals surface area contributed by atoms with Crippen LogP contribution in [0.1, 0.15) is 19.4 Å². The Morgan fingerprint density at radius 2 is 1.83 bits per heavy atom. The molecule has 0 saturated carbocycles. The molecule has 0 atom stereocenters. The summed E-state index contributed by atoms with van der Waals surface area (Å²) in [5.41, 5.74) is 4.47. The molecule has 3 nitrogen and oxygen atoms in total. The molecule has 24 heavy (non-hydrogen) atoms. The molecule has 3 rings (SSSR count). The molecule has 2 aromatic rings. The number of benzene rings is 1. The molecule has 0 amide bonds. The molecular formula is C21H23N3. The van der Waals surface area contributed by atoms with E-state index in [-0.39, 0.29) is 0 Å². The van der Waals surface area contributed by atoms with E-state index < -0.39 is 0 Å². The zero-order valence-corrected chi connectivity index (χ0v) is 14.5. The van der Waals surface area contributed by atoms with Crippen LogP contribution in [0.25, 0.3) is 17.0 Å². The van der Waals surface area contributed by atoms with Gasteiger partial charge in [-0.05, 0) is 38.3 Å². The van der Waals surface area contributed by atoms with Crippen LogP contribution in [0.5, 0.6) is 0 Å². The van der Waals surface area contributed by atoms with Crippen molar-refractivity contribution in [3.63, 3.8) is 0 Å². The summed E-state index contributed by atoms with van der Waals surface area (Å²) in [6.45, 7) is 7.57. The molecule has 122 valence electrons. The minimum atomic E-state index is 0.837. The van der Waals surface area contributed by atoms with Crippen molar-refractivity contribution in [1.29, 1.82) is 0 Å². The molecule has 1 aliphatic carbocycles. The molecule has 1 aliphatic rings. The summed E-state index contributed by atoms with van der Waals surface area (Å²) < 4.78 is 0. The van der Waals surface area contributed by atoms with E-state index in [0.29, 0.717) is 0 Å². The standard InChI is InChI=1S/C12H12N2.C9H11N/c1-3-6-10-9-7-4-5-8-11(9)14-12(10)13-2;1-3-8-6-4-5-7-9(8)10-2/h3-8,14H,2H2,1H3;3-7H,1-2H3/b6-3-;8-3-,10-9?. The molecule has 0 fully saturated rings. The normalized spacial score (nSPS) is 16.8. The molecule has 1 aromatic carbocycles. The maximum atomic E-state index is 4.11. The Balaban J connectivity index is 0.000000185. The molecule has 3 heteroatoms. The summed E-state index contributed by atoms with van der Waals surface area (Å²) in [5, 5.41) is 1.19. The largest absolute Gasteiger partial charge is 0.339 e. The van der Waals surface area contributed by atoms with Crippen LogP contribution in [-0.4, -0.2) is 24.5 Å². The zero-order chi connectivity index (χ0) is 17.4. The quantitative estimate of drug-likeness (QED) is 0.694. The first-order valence-electron chi connectivity index (χ1n) is 7.93. The first kappa shape index (κ1) is 17.4. The van der Waals surface area contributed by atoms with E-state index in [9.17, 15) is 0 Å². The second-order valence-corrected chi connectivity index (χ2v) is 5.16. The number of hydrogen-bond acceptors (Lipinski definition) is 2. The summed E-state index contributed by atoms with van der Waals surface area (Å²) in [6.07, 6.45) is 14.2. The van der Waals surface area contributed by atoms with Crippen molar-refractivity contribution in [2.24, 2.45) is 9.98 Å². The van der Waals surface area contributed by atoms with E-state index in [0.717, 1.165) is 22.6 Å². The lowest BCUT2D eigenvalue weighted by molar-refractivity contribution is 1.38. The Bertz CT molecular complexity index is 832. The first-order chi connectivity index (χ1) is 11.7. The van der Waals surface area contributed by atoms with Crippen LogP contribution in [0.15, 0.2) is 76.3 Å². The fourth-order valence-corrected chi connectivity index (χ4v) is 2.54. The number of aromatic amines is 1. The van der Waals surface area contributed by atoms with Crippen molar-refractivity contribution in [3.8, 4) is 0 Å². The highest BCUT2D eigenvalue weighted by atomic mass is 14.9. The van der Waals surface area contributed by atoms with Gasteiger partial charge in [-0.3, -0.25) is 4.99 Å². The molecule has 0 aliphatic heterocycles. The number of allylic oxidation sites excluding steroid dienone is 7. The molecule has 0 saturated heterocycles. The van der Waals surface area contributed by atoms with Gasteiger partial charge < -0.3 is 4.98 Å². The summed E-state index contributed by atoms with van der Waals surface area (Å²) in [6, 6.07) is 8.15. The van der Waals surface area contributed by atoms with E-state index in [2.05, 4.69) is 39.9 Å². The third kappa shape index (κ3) is 3.87. The van der Waals surface area contributed by atoms with Crippen LogP contribution in [0.4, 0.5) is 5.82 Å². The second-order valence-electron chi connectivity index (χ2n) is 5.16. The molecule has 0 spiro atoms. The maximum absolute atomic E-state index is 4.11. The lowest BCUT2D eigenvalue weighted by atomic mass is 10.1. The number of fused-ring (bicyclic) bond motifs is 1. The molecular weight excluding hydrogens is 294 g/mol. The zero-order valence-electron chi connectivity index (χ0n) is 14.5. The number of hydrogen-bond donors (Lipinski definition) is 1. The predicted octanol–water partition coefficient (Wildman–Crippen LogP) is 5.66. The Hall–Kier alpha value is -2.94. The third-order valence-electron chi connectivity index (χ3n) is 3.71. The highest BCUT2D eigenvalue weighted by Crippen LogP contribution is 2.28. The number of aromatic nitrogens is 1. The third-order valence-corrected chi connectivity index (χ3v) is 3.71. The fourth-order valence-electron chi connectivity index (χ4n) is 2.54. The average Bonchev–Trinajstić information content (AvgIpc) is 3.00. The summed E-state index contributed by atoms with van der Waals surface area (Å²) in [7, 11) is 1.81. The second kappa shape index (κ2) is 8.63. The predicted molar refractivity (Wildman–Crippen MR) is 108 cm³/mol. The van der Waals surface area contributed by atoms with Gasteiger partial charge in [0.15, 0.2) is 0 Å². The Kier molecular flexibility index (Phi) is 6.26. The number of rotatable bonds is 2. The van der Waals surface area contributed by atoms with E-state index in [1.807, 2.05) is 69.5 Å². The molecule has 0 unspecified atom stereocenters. The number of nitrogens with one attached hydrogen (secondary N) is 1. The number of nitrogens with zero attached hydrogens (tertiary/aromatic N) is 2. The topological polar surface area (TPSA) is 40.5 Å². The van der Waals surface area contributed by atoms with Crippen LogP contribution in [0.2, 0.25) is 0 Å². The van der Waals surface area contributed by atoms with E-state index >= 15 is 0 Å². The van der Waals surface area contributed by atoms with E-state index in [1.165, 1.54) is 11.0 Å². The van der Waals surface area contributed by atoms with Gasteiger partial charge in [0.05, 0.1) is 5.71 Å². The Morgan fingerprint density at radius 1 is 1.08 bits per heavy atom. The summed E-state index contributed by atoms with van der Waals surface area (Å²) in [4.78, 5) is 11.3. The van der Waals surface area contributed by atoms with Crippen molar-refractivity contribution in [2.45, 2.75) is 13.8 Å². The van der Waals surface area contributed by atoms with Crippen molar-refractivity contribution in [3.05, 3.63) is 71.9 Å². The summed E-state index contributed by atoms with van der Waals surface area (Å²) >= 11 is 0. The lowest BCUT2D eigenvalue weighted by Gasteiger charge is -2.03. The van der Waals surface area contributed by atoms with Crippen molar-refractivity contribution in [1.82, 2.24) is 4.98 Å². The lowest BCUT2D eigenvalue weighted by Crippen LogP contribution is -1.98. The van der Waals surface area contributed by atoms with Gasteiger partial charge in [-0.15, -0.1) is 0 Å². The van der Waals surface area contributed by atoms with Crippen LogP contribution in [0, 0.1) is 0 Å². The maximum Gasteiger partial charge on any atom is 0.137 e. The number of H-pyrrole nitrogens is 1. The molecule has 0 bridgehead atoms. The van der Waals surface area contributed by atoms with Gasteiger partial charge in [-0.2, -0.15) is 0 Å². The van der Waals surface area contributed by atoms with E-state index in [4.69, 9.17) is 0 Å². The Labute approximate surface area is 143 Å². The van der Waals surface area contributed by atoms with Gasteiger partial charge in [-0.1, -0.05) is 54.7 Å². The van der Waals surface area contributed by atoms with Gasteiger partial charge in [0, 0.05) is 23.5 Å². The highest BCUT2D eigenvalue weighted by molar-refractivity contribution is 6.11. The highest BCUT2D eigenvalue weighted by Gasteiger charge is 2.05. The number of aliphatic imine (C=N–C) groups is 2. The van der Waals surface area contributed by atoms with Gasteiger partial charge in [0.1, 0.15) is 5.82 Å². The van der Waals surface area contributed by atoms with Crippen LogP contribution < -0.4 is 0 Å². The SMILES string of the molecule is C/C=C1/C=CC=CC1=NC.C=Nc1[nH]c2ccccc2c1/C=C\C. The van der Waals surface area contributed by atoms with E-state index in [1.54, 1.807) is 0 Å². The molecule has 0 radical (unpaired) electrons. The molecule has 1 N–H and O–H groups in total.